The topological polar surface area (TPSA) is 46.3 Å². The first-order valence-corrected chi connectivity index (χ1v) is 5.40. The molecule has 1 aliphatic heterocycles. The van der Waals surface area contributed by atoms with E-state index in [0.29, 0.717) is 13.1 Å². The van der Waals surface area contributed by atoms with Gasteiger partial charge in [-0.25, -0.2) is 8.78 Å². The van der Waals surface area contributed by atoms with Gasteiger partial charge in [0.25, 0.3) is 0 Å². The Morgan fingerprint density at radius 1 is 1.38 bits per heavy atom. The zero-order chi connectivity index (χ0) is 11.1. The quantitative estimate of drug-likeness (QED) is 0.769. The molecule has 2 N–H and O–H groups in total. The van der Waals surface area contributed by atoms with Gasteiger partial charge in [0, 0.05) is 37.9 Å². The Hall–Kier alpha value is -0.420. The number of hydrogen-bond acceptors (Lipinski definition) is 2. The summed E-state index contributed by atoms with van der Waals surface area (Å²) < 4.78 is 25.2. The summed E-state index contributed by atoms with van der Waals surface area (Å²) in [5, 5.41) is 0. The third-order valence-electron chi connectivity index (χ3n) is 3.21. The van der Waals surface area contributed by atoms with E-state index in [1.165, 1.54) is 0 Å². The van der Waals surface area contributed by atoms with Crippen molar-refractivity contribution in [2.24, 2.45) is 11.7 Å². The number of likely N-dealkylation sites (tertiary alicyclic amines) is 1. The first-order valence-electron chi connectivity index (χ1n) is 5.40. The van der Waals surface area contributed by atoms with Gasteiger partial charge in [-0.15, -0.1) is 12.4 Å². The zero-order valence-corrected chi connectivity index (χ0v) is 9.81. The predicted molar refractivity (Wildman–Crippen MR) is 58.7 cm³/mol. The van der Waals surface area contributed by atoms with Gasteiger partial charge in [0.15, 0.2) is 0 Å². The minimum Gasteiger partial charge on any atom is -0.341 e. The molecule has 1 aliphatic carbocycles. The average Bonchev–Trinajstić information content (AvgIpc) is 2.13. The molecule has 0 spiro atoms. The van der Waals surface area contributed by atoms with Crippen molar-refractivity contribution in [3.05, 3.63) is 0 Å². The molecular weight excluding hydrogens is 238 g/mol. The maximum atomic E-state index is 12.6. The van der Waals surface area contributed by atoms with Crippen molar-refractivity contribution in [3.8, 4) is 0 Å². The minimum atomic E-state index is -2.61. The lowest BCUT2D eigenvalue weighted by Crippen LogP contribution is -2.52. The van der Waals surface area contributed by atoms with Gasteiger partial charge in [-0.2, -0.15) is 0 Å². The van der Waals surface area contributed by atoms with Crippen molar-refractivity contribution in [3.63, 3.8) is 0 Å². The van der Waals surface area contributed by atoms with E-state index in [0.717, 1.165) is 12.8 Å². The Bertz CT molecular complexity index is 268. The molecule has 1 atom stereocenters. The number of alkyl halides is 2. The van der Waals surface area contributed by atoms with E-state index >= 15 is 0 Å². The molecule has 1 amide bonds. The molecule has 2 rings (SSSR count). The Morgan fingerprint density at radius 2 is 2.00 bits per heavy atom. The van der Waals surface area contributed by atoms with Crippen molar-refractivity contribution in [1.29, 1.82) is 0 Å². The Balaban J connectivity index is 0.00000128. The maximum absolute atomic E-state index is 12.6. The summed E-state index contributed by atoms with van der Waals surface area (Å²) in [5.74, 6) is -3.21. The summed E-state index contributed by atoms with van der Waals surface area (Å²) in [6.45, 7) is 1.20. The van der Waals surface area contributed by atoms with Crippen LogP contribution in [0, 0.1) is 5.92 Å². The fourth-order valence-electron chi connectivity index (χ4n) is 2.30. The molecule has 6 heteroatoms. The number of nitrogens with two attached hydrogens (primary N) is 1. The van der Waals surface area contributed by atoms with Crippen LogP contribution in [0.4, 0.5) is 8.78 Å². The number of hydrogen-bond donors (Lipinski definition) is 1. The Morgan fingerprint density at radius 3 is 2.50 bits per heavy atom. The SMILES string of the molecule is Cl.NC1CCCN(C(=O)C2CC(F)(F)C2)C1. The van der Waals surface area contributed by atoms with Crippen LogP contribution in [-0.2, 0) is 4.79 Å². The van der Waals surface area contributed by atoms with E-state index < -0.39 is 11.8 Å². The highest BCUT2D eigenvalue weighted by atomic mass is 35.5. The standard InChI is InChI=1S/C10H16F2N2O.ClH/c11-10(12)4-7(5-10)9(15)14-3-1-2-8(13)6-14;/h7-8H,1-6,13H2;1H. The second-order valence-corrected chi connectivity index (χ2v) is 4.65. The van der Waals surface area contributed by atoms with Crippen LogP contribution in [0.1, 0.15) is 25.7 Å². The van der Waals surface area contributed by atoms with Crippen LogP contribution in [-0.4, -0.2) is 35.9 Å². The lowest BCUT2D eigenvalue weighted by Gasteiger charge is -2.39. The summed E-state index contributed by atoms with van der Waals surface area (Å²) in [5.41, 5.74) is 5.73. The molecule has 0 radical (unpaired) electrons. The maximum Gasteiger partial charge on any atom is 0.249 e. The summed E-state index contributed by atoms with van der Waals surface area (Å²) in [6.07, 6.45) is 1.25. The highest BCUT2D eigenvalue weighted by Gasteiger charge is 2.49. The molecule has 94 valence electrons. The number of nitrogens with zero attached hydrogens (tertiary/aromatic N) is 1. The van der Waals surface area contributed by atoms with Gasteiger partial charge in [0.2, 0.25) is 11.8 Å². The van der Waals surface area contributed by atoms with E-state index in [-0.39, 0.29) is 37.2 Å². The molecule has 0 aromatic heterocycles. The summed E-state index contributed by atoms with van der Waals surface area (Å²) in [7, 11) is 0. The number of halogens is 3. The lowest BCUT2D eigenvalue weighted by atomic mass is 9.80. The van der Waals surface area contributed by atoms with Gasteiger partial charge in [0.05, 0.1) is 0 Å². The minimum absolute atomic E-state index is 0. The molecule has 16 heavy (non-hydrogen) atoms. The molecule has 0 aromatic rings. The van der Waals surface area contributed by atoms with E-state index in [4.69, 9.17) is 5.73 Å². The summed E-state index contributed by atoms with van der Waals surface area (Å²) in [6, 6.07) is 0.0169. The highest BCUT2D eigenvalue weighted by molar-refractivity contribution is 5.85. The molecule has 1 unspecified atom stereocenters. The number of amides is 1. The molecule has 2 fully saturated rings. The van der Waals surface area contributed by atoms with E-state index in [1.54, 1.807) is 4.90 Å². The zero-order valence-electron chi connectivity index (χ0n) is 8.99. The van der Waals surface area contributed by atoms with Gasteiger partial charge >= 0.3 is 0 Å². The third-order valence-corrected chi connectivity index (χ3v) is 3.21. The van der Waals surface area contributed by atoms with Gasteiger partial charge in [-0.1, -0.05) is 0 Å². The monoisotopic (exact) mass is 254 g/mol. The third kappa shape index (κ3) is 2.83. The normalized spacial score (nSPS) is 29.2. The van der Waals surface area contributed by atoms with Gasteiger partial charge < -0.3 is 10.6 Å². The van der Waals surface area contributed by atoms with Crippen molar-refractivity contribution in [2.45, 2.75) is 37.6 Å². The van der Waals surface area contributed by atoms with Crippen LogP contribution in [0.2, 0.25) is 0 Å². The highest BCUT2D eigenvalue weighted by Crippen LogP contribution is 2.43. The van der Waals surface area contributed by atoms with Crippen molar-refractivity contribution in [1.82, 2.24) is 4.90 Å². The molecular formula is C10H17ClF2N2O. The molecule has 1 saturated carbocycles. The smallest absolute Gasteiger partial charge is 0.249 e. The van der Waals surface area contributed by atoms with Crippen molar-refractivity contribution >= 4 is 18.3 Å². The molecule has 0 bridgehead atoms. The number of piperidine rings is 1. The summed E-state index contributed by atoms with van der Waals surface area (Å²) in [4.78, 5) is 13.4. The van der Waals surface area contributed by atoms with Gasteiger partial charge in [-0.05, 0) is 12.8 Å². The fourth-order valence-corrected chi connectivity index (χ4v) is 2.30. The first kappa shape index (κ1) is 13.6. The second-order valence-electron chi connectivity index (χ2n) is 4.65. The van der Waals surface area contributed by atoms with E-state index in [9.17, 15) is 13.6 Å². The van der Waals surface area contributed by atoms with Crippen molar-refractivity contribution < 1.29 is 13.6 Å². The van der Waals surface area contributed by atoms with Crippen LogP contribution in [0.5, 0.6) is 0 Å². The average molecular weight is 255 g/mol. The van der Waals surface area contributed by atoms with Gasteiger partial charge in [0.1, 0.15) is 0 Å². The first-order chi connectivity index (χ1) is 6.98. The van der Waals surface area contributed by atoms with Crippen LogP contribution in [0.3, 0.4) is 0 Å². The van der Waals surface area contributed by atoms with Gasteiger partial charge in [-0.3, -0.25) is 4.79 Å². The van der Waals surface area contributed by atoms with Crippen LogP contribution in [0.15, 0.2) is 0 Å². The fraction of sp³-hybridized carbons (Fsp3) is 0.900. The Kier molecular flexibility index (Phi) is 4.12. The molecule has 1 saturated heterocycles. The predicted octanol–water partition coefficient (Wildman–Crippen LogP) is 1.40. The number of carbonyl (C=O) groups is 1. The largest absolute Gasteiger partial charge is 0.341 e. The molecule has 2 aliphatic rings. The van der Waals surface area contributed by atoms with Crippen molar-refractivity contribution in [2.75, 3.05) is 13.1 Å². The van der Waals surface area contributed by atoms with E-state index in [1.807, 2.05) is 0 Å². The van der Waals surface area contributed by atoms with Crippen LogP contribution < -0.4 is 5.73 Å². The molecule has 0 aromatic carbocycles. The summed E-state index contributed by atoms with van der Waals surface area (Å²) >= 11 is 0. The number of rotatable bonds is 1. The van der Waals surface area contributed by atoms with Crippen LogP contribution >= 0.6 is 12.4 Å². The second kappa shape index (κ2) is 4.84. The lowest BCUT2D eigenvalue weighted by molar-refractivity contribution is -0.160. The van der Waals surface area contributed by atoms with E-state index in [2.05, 4.69) is 0 Å². The number of carbonyl (C=O) groups excluding carboxylic acids is 1. The Labute approximate surface area is 99.8 Å². The van der Waals surface area contributed by atoms with Crippen LogP contribution in [0.25, 0.3) is 0 Å². The molecule has 3 nitrogen and oxygen atoms in total. The molecule has 1 heterocycles.